The molecule has 0 radical (unpaired) electrons. The summed E-state index contributed by atoms with van der Waals surface area (Å²) in [5.41, 5.74) is 0.316. The van der Waals surface area contributed by atoms with Gasteiger partial charge in [-0.05, 0) is 18.2 Å². The third-order valence-electron chi connectivity index (χ3n) is 3.16. The summed E-state index contributed by atoms with van der Waals surface area (Å²) in [4.78, 5) is 25.3. The van der Waals surface area contributed by atoms with Crippen LogP contribution in [0.15, 0.2) is 18.2 Å². The van der Waals surface area contributed by atoms with Crippen LogP contribution in [0.4, 0.5) is 4.39 Å². The fourth-order valence-corrected chi connectivity index (χ4v) is 1.89. The molecule has 1 heterocycles. The van der Waals surface area contributed by atoms with Crippen LogP contribution in [0.3, 0.4) is 0 Å². The van der Waals surface area contributed by atoms with Gasteiger partial charge in [-0.25, -0.2) is 4.39 Å². The number of hydrogen-bond donors (Lipinski definition) is 3. The van der Waals surface area contributed by atoms with E-state index in [0.717, 1.165) is 0 Å². The number of halogens is 1. The molecule has 1 aromatic heterocycles. The SMILES string of the molecule is COc1ccc(F)c2[nH]c(C(=O)NCC(C)C(=O)O)cc12. The average molecular weight is 294 g/mol. The van der Waals surface area contributed by atoms with Crippen molar-refractivity contribution in [3.05, 3.63) is 29.7 Å². The van der Waals surface area contributed by atoms with E-state index < -0.39 is 23.6 Å². The number of methoxy groups -OCH3 is 1. The Bertz CT molecular complexity index is 696. The van der Waals surface area contributed by atoms with Crippen molar-refractivity contribution in [2.75, 3.05) is 13.7 Å². The fourth-order valence-electron chi connectivity index (χ4n) is 1.89. The number of fused-ring (bicyclic) bond motifs is 1. The van der Waals surface area contributed by atoms with Gasteiger partial charge in [-0.15, -0.1) is 0 Å². The van der Waals surface area contributed by atoms with Crippen molar-refractivity contribution < 1.29 is 23.8 Å². The number of carbonyl (C=O) groups excluding carboxylic acids is 1. The Labute approximate surface area is 119 Å². The molecule has 3 N–H and O–H groups in total. The van der Waals surface area contributed by atoms with Gasteiger partial charge in [-0.3, -0.25) is 9.59 Å². The monoisotopic (exact) mass is 294 g/mol. The van der Waals surface area contributed by atoms with Crippen LogP contribution in [0.5, 0.6) is 5.75 Å². The second-order valence-corrected chi connectivity index (χ2v) is 4.67. The van der Waals surface area contributed by atoms with Crippen LogP contribution in [0, 0.1) is 11.7 Å². The molecule has 1 atom stereocenters. The Balaban J connectivity index is 2.24. The molecule has 0 saturated carbocycles. The summed E-state index contributed by atoms with van der Waals surface area (Å²) >= 11 is 0. The first-order valence-corrected chi connectivity index (χ1v) is 6.30. The lowest BCUT2D eigenvalue weighted by Gasteiger charge is -2.06. The number of carboxylic acid groups (broad SMARTS) is 1. The van der Waals surface area contributed by atoms with Crippen LogP contribution in [-0.4, -0.2) is 35.6 Å². The molecule has 1 unspecified atom stereocenters. The number of benzene rings is 1. The molecule has 2 rings (SSSR count). The van der Waals surface area contributed by atoms with Crippen molar-refractivity contribution in [2.45, 2.75) is 6.92 Å². The van der Waals surface area contributed by atoms with Crippen LogP contribution in [-0.2, 0) is 4.79 Å². The molecule has 0 fully saturated rings. The van der Waals surface area contributed by atoms with Gasteiger partial charge in [0.15, 0.2) is 0 Å². The topological polar surface area (TPSA) is 91.4 Å². The second-order valence-electron chi connectivity index (χ2n) is 4.67. The maximum absolute atomic E-state index is 13.7. The van der Waals surface area contributed by atoms with Crippen molar-refractivity contribution in [3.63, 3.8) is 0 Å². The predicted molar refractivity (Wildman–Crippen MR) is 73.9 cm³/mol. The lowest BCUT2D eigenvalue weighted by molar-refractivity contribution is -0.140. The largest absolute Gasteiger partial charge is 0.496 e. The van der Waals surface area contributed by atoms with Crippen molar-refractivity contribution in [1.29, 1.82) is 0 Å². The van der Waals surface area contributed by atoms with Crippen LogP contribution >= 0.6 is 0 Å². The lowest BCUT2D eigenvalue weighted by atomic mass is 10.2. The van der Waals surface area contributed by atoms with Gasteiger partial charge in [0.1, 0.15) is 17.3 Å². The van der Waals surface area contributed by atoms with E-state index in [4.69, 9.17) is 9.84 Å². The molecule has 112 valence electrons. The first-order chi connectivity index (χ1) is 9.93. The Morgan fingerprint density at radius 2 is 2.19 bits per heavy atom. The van der Waals surface area contributed by atoms with E-state index >= 15 is 0 Å². The van der Waals surface area contributed by atoms with Crippen LogP contribution in [0.1, 0.15) is 17.4 Å². The summed E-state index contributed by atoms with van der Waals surface area (Å²) in [5.74, 6) is -2.26. The van der Waals surface area contributed by atoms with Gasteiger partial charge in [-0.2, -0.15) is 0 Å². The molecule has 0 spiro atoms. The maximum atomic E-state index is 13.7. The highest BCUT2D eigenvalue weighted by molar-refractivity contribution is 5.99. The number of amides is 1. The summed E-state index contributed by atoms with van der Waals surface area (Å²) in [6.45, 7) is 1.47. The second kappa shape index (κ2) is 5.82. The minimum Gasteiger partial charge on any atom is -0.496 e. The van der Waals surface area contributed by atoms with E-state index in [9.17, 15) is 14.0 Å². The zero-order valence-corrected chi connectivity index (χ0v) is 11.6. The Kier molecular flexibility index (Phi) is 4.11. The van der Waals surface area contributed by atoms with Gasteiger partial charge in [0, 0.05) is 11.9 Å². The third-order valence-corrected chi connectivity index (χ3v) is 3.16. The number of carbonyl (C=O) groups is 2. The minimum absolute atomic E-state index is 0.0108. The zero-order valence-electron chi connectivity index (χ0n) is 11.6. The standard InChI is InChI=1S/C14H15FN2O4/c1-7(14(19)20)6-16-13(18)10-5-8-11(21-2)4-3-9(15)12(8)17-10/h3-5,7,17H,6H2,1-2H3,(H,16,18)(H,19,20). The highest BCUT2D eigenvalue weighted by Crippen LogP contribution is 2.28. The van der Waals surface area contributed by atoms with Gasteiger partial charge < -0.3 is 20.1 Å². The molecular weight excluding hydrogens is 279 g/mol. The van der Waals surface area contributed by atoms with Crippen molar-refractivity contribution in [2.24, 2.45) is 5.92 Å². The third kappa shape index (κ3) is 2.96. The number of rotatable bonds is 5. The molecule has 0 aliphatic carbocycles. The van der Waals surface area contributed by atoms with Gasteiger partial charge in [0.05, 0.1) is 18.5 Å². The molecule has 0 bridgehead atoms. The number of ether oxygens (including phenoxy) is 1. The van der Waals surface area contributed by atoms with Gasteiger partial charge in [0.25, 0.3) is 5.91 Å². The summed E-state index contributed by atoms with van der Waals surface area (Å²) < 4.78 is 18.8. The van der Waals surface area contributed by atoms with E-state index in [1.54, 1.807) is 0 Å². The summed E-state index contributed by atoms with van der Waals surface area (Å²) in [5, 5.41) is 11.7. The molecule has 6 nitrogen and oxygen atoms in total. The van der Waals surface area contributed by atoms with Crippen molar-refractivity contribution in [1.82, 2.24) is 10.3 Å². The summed E-state index contributed by atoms with van der Waals surface area (Å²) in [6.07, 6.45) is 0. The van der Waals surface area contributed by atoms with Crippen molar-refractivity contribution in [3.8, 4) is 5.75 Å². The summed E-state index contributed by atoms with van der Waals surface area (Å²) in [7, 11) is 1.45. The van der Waals surface area contributed by atoms with Crippen LogP contribution < -0.4 is 10.1 Å². The van der Waals surface area contributed by atoms with Gasteiger partial charge in [-0.1, -0.05) is 6.92 Å². The minimum atomic E-state index is -1.00. The highest BCUT2D eigenvalue weighted by Gasteiger charge is 2.17. The summed E-state index contributed by atoms with van der Waals surface area (Å²) in [6, 6.07) is 4.18. The molecule has 0 aliphatic rings. The van der Waals surface area contributed by atoms with E-state index in [0.29, 0.717) is 11.1 Å². The average Bonchev–Trinajstić information content (AvgIpc) is 2.90. The van der Waals surface area contributed by atoms with Crippen LogP contribution in [0.2, 0.25) is 0 Å². The molecule has 7 heteroatoms. The molecule has 21 heavy (non-hydrogen) atoms. The number of aromatic amines is 1. The van der Waals surface area contributed by atoms with Gasteiger partial charge in [0.2, 0.25) is 0 Å². The van der Waals surface area contributed by atoms with Gasteiger partial charge >= 0.3 is 5.97 Å². The number of hydrogen-bond acceptors (Lipinski definition) is 3. The molecule has 1 amide bonds. The quantitative estimate of drug-likeness (QED) is 0.783. The molecule has 2 aromatic rings. The fraction of sp³-hybridized carbons (Fsp3) is 0.286. The smallest absolute Gasteiger partial charge is 0.308 e. The van der Waals surface area contributed by atoms with E-state index in [1.807, 2.05) is 0 Å². The van der Waals surface area contributed by atoms with E-state index in [1.165, 1.54) is 32.2 Å². The van der Waals surface area contributed by atoms with E-state index in [-0.39, 0.29) is 17.8 Å². The number of H-pyrrole nitrogens is 1. The Morgan fingerprint density at radius 1 is 1.48 bits per heavy atom. The normalized spacial score (nSPS) is 12.1. The number of aliphatic carboxylic acids is 1. The molecular formula is C14H15FN2O4. The first-order valence-electron chi connectivity index (χ1n) is 6.30. The Morgan fingerprint density at radius 3 is 2.81 bits per heavy atom. The lowest BCUT2D eigenvalue weighted by Crippen LogP contribution is -2.31. The zero-order chi connectivity index (χ0) is 15.6. The Hall–Kier alpha value is -2.57. The number of carboxylic acids is 1. The first kappa shape index (κ1) is 14.8. The molecule has 0 aliphatic heterocycles. The number of nitrogens with one attached hydrogen (secondary N) is 2. The predicted octanol–water partition coefficient (Wildman–Crippen LogP) is 1.77. The van der Waals surface area contributed by atoms with Crippen molar-refractivity contribution >= 4 is 22.8 Å². The highest BCUT2D eigenvalue weighted by atomic mass is 19.1. The van der Waals surface area contributed by atoms with Crippen LogP contribution in [0.25, 0.3) is 10.9 Å². The molecule has 1 aromatic carbocycles. The number of aromatic nitrogens is 1. The van der Waals surface area contributed by atoms with E-state index in [2.05, 4.69) is 10.3 Å². The maximum Gasteiger partial charge on any atom is 0.308 e. The molecule has 0 saturated heterocycles.